The summed E-state index contributed by atoms with van der Waals surface area (Å²) in [5.41, 5.74) is 1.12. The lowest BCUT2D eigenvalue weighted by Crippen LogP contribution is -2.26. The van der Waals surface area contributed by atoms with E-state index in [9.17, 15) is 0 Å². The minimum Gasteiger partial charge on any atom is -0.378 e. The van der Waals surface area contributed by atoms with Gasteiger partial charge in [0.25, 0.3) is 0 Å². The molecule has 0 saturated carbocycles. The van der Waals surface area contributed by atoms with Crippen LogP contribution in [0, 0.1) is 5.92 Å². The van der Waals surface area contributed by atoms with Crippen LogP contribution in [-0.4, -0.2) is 19.3 Å². The third-order valence-electron chi connectivity index (χ3n) is 3.19. The lowest BCUT2D eigenvalue weighted by atomic mass is 10.0. The second kappa shape index (κ2) is 6.05. The first kappa shape index (κ1) is 13.2. The summed E-state index contributed by atoms with van der Waals surface area (Å²) >= 11 is 11.9. The maximum atomic E-state index is 5.95. The first-order valence-electron chi connectivity index (χ1n) is 5.92. The van der Waals surface area contributed by atoms with Crippen molar-refractivity contribution in [3.05, 3.63) is 33.8 Å². The summed E-state index contributed by atoms with van der Waals surface area (Å²) in [4.78, 5) is 0. The van der Waals surface area contributed by atoms with Crippen molar-refractivity contribution >= 4 is 23.2 Å². The highest BCUT2D eigenvalue weighted by Crippen LogP contribution is 2.21. The van der Waals surface area contributed by atoms with Gasteiger partial charge in [0.05, 0.1) is 6.10 Å². The Morgan fingerprint density at radius 3 is 2.59 bits per heavy atom. The lowest BCUT2D eigenvalue weighted by molar-refractivity contribution is 0.105. The summed E-state index contributed by atoms with van der Waals surface area (Å²) in [6.07, 6.45) is 1.51. The van der Waals surface area contributed by atoms with Gasteiger partial charge in [0.1, 0.15) is 0 Å². The average Bonchev–Trinajstić information content (AvgIpc) is 2.63. The maximum Gasteiger partial charge on any atom is 0.0588 e. The SMILES string of the molecule is CC1OCCC1CNCc1cc(Cl)cc(Cl)c1. The molecular formula is C13H17Cl2NO. The molecule has 0 bridgehead atoms. The van der Waals surface area contributed by atoms with Crippen LogP contribution in [0.2, 0.25) is 10.0 Å². The standard InChI is InChI=1S/C13H17Cl2NO/c1-9-11(2-3-17-9)8-16-7-10-4-12(14)6-13(15)5-10/h4-6,9,11,16H,2-3,7-8H2,1H3. The molecule has 0 aliphatic carbocycles. The van der Waals surface area contributed by atoms with Gasteiger partial charge >= 0.3 is 0 Å². The molecule has 1 heterocycles. The second-order valence-corrected chi connectivity index (χ2v) is 5.41. The third-order valence-corrected chi connectivity index (χ3v) is 3.63. The van der Waals surface area contributed by atoms with Crippen LogP contribution in [0.3, 0.4) is 0 Å². The van der Waals surface area contributed by atoms with Crippen molar-refractivity contribution < 1.29 is 4.74 Å². The number of benzene rings is 1. The van der Waals surface area contributed by atoms with Crippen molar-refractivity contribution in [3.8, 4) is 0 Å². The minimum absolute atomic E-state index is 0.366. The van der Waals surface area contributed by atoms with Crippen molar-refractivity contribution in [2.45, 2.75) is 26.0 Å². The second-order valence-electron chi connectivity index (χ2n) is 4.53. The van der Waals surface area contributed by atoms with Crippen LogP contribution >= 0.6 is 23.2 Å². The molecule has 94 valence electrons. The Bertz CT molecular complexity index is 363. The number of nitrogens with one attached hydrogen (secondary N) is 1. The van der Waals surface area contributed by atoms with Crippen LogP contribution in [-0.2, 0) is 11.3 Å². The predicted octanol–water partition coefficient (Wildman–Crippen LogP) is 3.51. The van der Waals surface area contributed by atoms with Gasteiger partial charge in [0.15, 0.2) is 0 Å². The van der Waals surface area contributed by atoms with Crippen LogP contribution in [0.25, 0.3) is 0 Å². The molecule has 0 spiro atoms. The van der Waals surface area contributed by atoms with E-state index < -0.39 is 0 Å². The van der Waals surface area contributed by atoms with Crippen LogP contribution in [0.1, 0.15) is 18.9 Å². The Morgan fingerprint density at radius 2 is 2.00 bits per heavy atom. The van der Waals surface area contributed by atoms with E-state index in [1.807, 2.05) is 12.1 Å². The van der Waals surface area contributed by atoms with E-state index in [0.29, 0.717) is 22.1 Å². The smallest absolute Gasteiger partial charge is 0.0588 e. The Labute approximate surface area is 112 Å². The van der Waals surface area contributed by atoms with E-state index >= 15 is 0 Å². The van der Waals surface area contributed by atoms with Gasteiger partial charge in [-0.1, -0.05) is 23.2 Å². The molecule has 1 aromatic rings. The molecule has 0 amide bonds. The number of ether oxygens (including phenoxy) is 1. The molecule has 1 aromatic carbocycles. The number of hydrogen-bond donors (Lipinski definition) is 1. The van der Waals surface area contributed by atoms with E-state index in [1.54, 1.807) is 6.07 Å². The molecule has 4 heteroatoms. The first-order valence-corrected chi connectivity index (χ1v) is 6.68. The molecule has 1 aliphatic heterocycles. The zero-order valence-corrected chi connectivity index (χ0v) is 11.4. The lowest BCUT2D eigenvalue weighted by Gasteiger charge is -2.14. The zero-order chi connectivity index (χ0) is 12.3. The predicted molar refractivity (Wildman–Crippen MR) is 71.7 cm³/mol. The summed E-state index contributed by atoms with van der Waals surface area (Å²) in [6, 6.07) is 5.63. The highest BCUT2D eigenvalue weighted by Gasteiger charge is 2.23. The van der Waals surface area contributed by atoms with Gasteiger partial charge in [-0.25, -0.2) is 0 Å². The molecule has 2 nitrogen and oxygen atoms in total. The van der Waals surface area contributed by atoms with E-state index in [-0.39, 0.29) is 0 Å². The molecule has 2 unspecified atom stereocenters. The third kappa shape index (κ3) is 3.85. The Kier molecular flexibility index (Phi) is 4.69. The summed E-state index contributed by atoms with van der Waals surface area (Å²) in [5, 5.41) is 4.81. The minimum atomic E-state index is 0.366. The summed E-state index contributed by atoms with van der Waals surface area (Å²) < 4.78 is 5.52. The highest BCUT2D eigenvalue weighted by atomic mass is 35.5. The highest BCUT2D eigenvalue weighted by molar-refractivity contribution is 6.34. The number of rotatable bonds is 4. The molecule has 0 radical (unpaired) electrons. The van der Waals surface area contributed by atoms with Gasteiger partial charge < -0.3 is 10.1 Å². The topological polar surface area (TPSA) is 21.3 Å². The normalized spacial score (nSPS) is 24.2. The van der Waals surface area contributed by atoms with Crippen molar-refractivity contribution in [1.82, 2.24) is 5.32 Å². The fourth-order valence-corrected chi connectivity index (χ4v) is 2.73. The van der Waals surface area contributed by atoms with Gasteiger partial charge in [-0.15, -0.1) is 0 Å². The molecule has 0 aromatic heterocycles. The van der Waals surface area contributed by atoms with E-state index in [4.69, 9.17) is 27.9 Å². The maximum absolute atomic E-state index is 5.95. The van der Waals surface area contributed by atoms with Gasteiger partial charge in [0.2, 0.25) is 0 Å². The summed E-state index contributed by atoms with van der Waals surface area (Å²) in [6.45, 7) is 4.79. The van der Waals surface area contributed by atoms with Crippen molar-refractivity contribution in [2.24, 2.45) is 5.92 Å². The Balaban J connectivity index is 1.81. The van der Waals surface area contributed by atoms with Gasteiger partial charge in [-0.2, -0.15) is 0 Å². The molecule has 1 fully saturated rings. The van der Waals surface area contributed by atoms with Gasteiger partial charge in [0, 0.05) is 29.7 Å². The van der Waals surface area contributed by atoms with E-state index in [2.05, 4.69) is 12.2 Å². The van der Waals surface area contributed by atoms with Crippen LogP contribution in [0.4, 0.5) is 0 Å². The number of hydrogen-bond acceptors (Lipinski definition) is 2. The molecular weight excluding hydrogens is 257 g/mol. The van der Waals surface area contributed by atoms with Crippen molar-refractivity contribution in [1.29, 1.82) is 0 Å². The quantitative estimate of drug-likeness (QED) is 0.907. The molecule has 1 saturated heterocycles. The van der Waals surface area contributed by atoms with Gasteiger partial charge in [-0.3, -0.25) is 0 Å². The van der Waals surface area contributed by atoms with Crippen LogP contribution in [0.15, 0.2) is 18.2 Å². The number of halogens is 2. The van der Waals surface area contributed by atoms with Crippen molar-refractivity contribution in [2.75, 3.05) is 13.2 Å². The summed E-state index contributed by atoms with van der Waals surface area (Å²) in [5.74, 6) is 0.615. The van der Waals surface area contributed by atoms with E-state index in [0.717, 1.165) is 31.7 Å². The fraction of sp³-hybridized carbons (Fsp3) is 0.538. The van der Waals surface area contributed by atoms with Crippen LogP contribution in [0.5, 0.6) is 0 Å². The molecule has 17 heavy (non-hydrogen) atoms. The summed E-state index contributed by atoms with van der Waals surface area (Å²) in [7, 11) is 0. The van der Waals surface area contributed by atoms with Crippen LogP contribution < -0.4 is 5.32 Å². The zero-order valence-electron chi connectivity index (χ0n) is 9.88. The fourth-order valence-electron chi connectivity index (χ4n) is 2.16. The molecule has 2 atom stereocenters. The Morgan fingerprint density at radius 1 is 1.29 bits per heavy atom. The molecule has 2 rings (SSSR count). The largest absolute Gasteiger partial charge is 0.378 e. The average molecular weight is 274 g/mol. The van der Waals surface area contributed by atoms with Crippen molar-refractivity contribution in [3.63, 3.8) is 0 Å². The van der Waals surface area contributed by atoms with Gasteiger partial charge in [-0.05, 0) is 43.0 Å². The monoisotopic (exact) mass is 273 g/mol. The van der Waals surface area contributed by atoms with E-state index in [1.165, 1.54) is 0 Å². The molecule has 1 N–H and O–H groups in total. The Hall–Kier alpha value is -0.280. The first-order chi connectivity index (χ1) is 8.15. The molecule has 1 aliphatic rings.